The molecule has 1 heterocycles. The molecule has 0 fully saturated rings. The van der Waals surface area contributed by atoms with E-state index in [9.17, 15) is 8.42 Å². The van der Waals surface area contributed by atoms with Crippen molar-refractivity contribution in [2.45, 2.75) is 30.8 Å². The molecule has 1 aromatic heterocycles. The molecule has 3 N–H and O–H groups in total. The number of rotatable bonds is 6. The lowest BCUT2D eigenvalue weighted by Gasteiger charge is -2.24. The molecule has 0 aliphatic rings. The molecule has 0 aliphatic heterocycles. The fourth-order valence-electron chi connectivity index (χ4n) is 1.53. The number of hydrogen-bond donors (Lipinski definition) is 2. The second kappa shape index (κ2) is 5.45. The molecule has 0 radical (unpaired) electrons. The average Bonchev–Trinajstić information content (AvgIpc) is 2.63. The van der Waals surface area contributed by atoms with Gasteiger partial charge >= 0.3 is 0 Å². The van der Waals surface area contributed by atoms with Gasteiger partial charge in [0.25, 0.3) is 0 Å². The first-order valence-corrected chi connectivity index (χ1v) is 7.48. The summed E-state index contributed by atoms with van der Waals surface area (Å²) in [6, 6.07) is 1.57. The van der Waals surface area contributed by atoms with Crippen molar-refractivity contribution in [2.75, 3.05) is 13.7 Å². The van der Waals surface area contributed by atoms with E-state index in [1.807, 2.05) is 0 Å². The van der Waals surface area contributed by atoms with E-state index in [4.69, 9.17) is 10.5 Å². The largest absolute Gasteiger partial charge is 0.383 e. The molecule has 0 aliphatic carbocycles. The lowest BCUT2D eigenvalue weighted by Crippen LogP contribution is -2.46. The Hall–Kier alpha value is -0.470. The highest BCUT2D eigenvalue weighted by molar-refractivity contribution is 7.89. The summed E-state index contributed by atoms with van der Waals surface area (Å²) in [6.45, 7) is 4.05. The predicted octanol–water partition coefficient (Wildman–Crippen LogP) is 0.910. The Morgan fingerprint density at radius 2 is 2.18 bits per heavy atom. The molecular weight excluding hydrogens is 260 g/mol. The average molecular weight is 278 g/mol. The van der Waals surface area contributed by atoms with Crippen LogP contribution >= 0.6 is 11.3 Å². The molecule has 0 aromatic carbocycles. The van der Waals surface area contributed by atoms with Gasteiger partial charge in [-0.3, -0.25) is 0 Å². The van der Waals surface area contributed by atoms with Gasteiger partial charge in [0.05, 0.1) is 17.0 Å². The van der Waals surface area contributed by atoms with Crippen molar-refractivity contribution in [3.8, 4) is 0 Å². The van der Waals surface area contributed by atoms with Crippen molar-refractivity contribution >= 4 is 21.4 Å². The first kappa shape index (κ1) is 14.6. The SMILES string of the molecule is COCC(C)(C)NS(=O)(=O)c1ccsc1CN. The van der Waals surface area contributed by atoms with E-state index in [-0.39, 0.29) is 11.4 Å². The molecule has 7 heteroatoms. The smallest absolute Gasteiger partial charge is 0.242 e. The summed E-state index contributed by atoms with van der Waals surface area (Å²) in [4.78, 5) is 0.917. The molecule has 0 spiro atoms. The highest BCUT2D eigenvalue weighted by atomic mass is 32.2. The van der Waals surface area contributed by atoms with Crippen LogP contribution in [-0.2, 0) is 21.3 Å². The van der Waals surface area contributed by atoms with Crippen molar-refractivity contribution in [2.24, 2.45) is 5.73 Å². The van der Waals surface area contributed by atoms with E-state index in [2.05, 4.69) is 4.72 Å². The van der Waals surface area contributed by atoms with Crippen LogP contribution in [0.4, 0.5) is 0 Å². The Labute approximate surface area is 106 Å². The molecule has 0 amide bonds. The van der Waals surface area contributed by atoms with Gasteiger partial charge in [0.1, 0.15) is 0 Å². The summed E-state index contributed by atoms with van der Waals surface area (Å²) < 4.78 is 31.9. The van der Waals surface area contributed by atoms with Crippen molar-refractivity contribution < 1.29 is 13.2 Å². The third-order valence-corrected chi connectivity index (χ3v) is 4.95. The van der Waals surface area contributed by atoms with E-state index in [1.165, 1.54) is 18.4 Å². The Morgan fingerprint density at radius 1 is 1.53 bits per heavy atom. The molecule has 1 aromatic rings. The predicted molar refractivity (Wildman–Crippen MR) is 68.5 cm³/mol. The zero-order valence-electron chi connectivity index (χ0n) is 10.2. The first-order valence-electron chi connectivity index (χ1n) is 5.12. The molecule has 98 valence electrons. The molecule has 0 saturated heterocycles. The lowest BCUT2D eigenvalue weighted by atomic mass is 10.1. The van der Waals surface area contributed by atoms with Crippen LogP contribution in [0.2, 0.25) is 0 Å². The number of nitrogens with two attached hydrogens (primary N) is 1. The molecule has 1 rings (SSSR count). The van der Waals surface area contributed by atoms with E-state index in [0.29, 0.717) is 11.5 Å². The molecule has 0 atom stereocenters. The van der Waals surface area contributed by atoms with Crippen molar-refractivity contribution in [3.63, 3.8) is 0 Å². The molecule has 17 heavy (non-hydrogen) atoms. The van der Waals surface area contributed by atoms with Crippen LogP contribution in [0.1, 0.15) is 18.7 Å². The molecule has 0 unspecified atom stereocenters. The monoisotopic (exact) mass is 278 g/mol. The van der Waals surface area contributed by atoms with Gasteiger partial charge in [-0.05, 0) is 25.3 Å². The molecule has 0 bridgehead atoms. The second-order valence-electron chi connectivity index (χ2n) is 4.33. The Morgan fingerprint density at radius 3 is 2.71 bits per heavy atom. The maximum atomic E-state index is 12.1. The number of hydrogen-bond acceptors (Lipinski definition) is 5. The van der Waals surface area contributed by atoms with Gasteiger partial charge in [-0.1, -0.05) is 0 Å². The quantitative estimate of drug-likeness (QED) is 0.810. The van der Waals surface area contributed by atoms with Crippen LogP contribution in [0.25, 0.3) is 0 Å². The topological polar surface area (TPSA) is 81.4 Å². The van der Waals surface area contributed by atoms with Gasteiger partial charge in [-0.15, -0.1) is 11.3 Å². The van der Waals surface area contributed by atoms with Crippen LogP contribution < -0.4 is 10.5 Å². The minimum atomic E-state index is -3.54. The van der Waals surface area contributed by atoms with Gasteiger partial charge in [0.15, 0.2) is 0 Å². The highest BCUT2D eigenvalue weighted by Gasteiger charge is 2.28. The number of thiophene rings is 1. The van der Waals surface area contributed by atoms with Crippen LogP contribution in [0.15, 0.2) is 16.3 Å². The number of nitrogens with one attached hydrogen (secondary N) is 1. The van der Waals surface area contributed by atoms with Crippen LogP contribution in [-0.4, -0.2) is 27.7 Å². The number of methoxy groups -OCH3 is 1. The van der Waals surface area contributed by atoms with E-state index >= 15 is 0 Å². The molecular formula is C10H18N2O3S2. The minimum absolute atomic E-state index is 0.221. The van der Waals surface area contributed by atoms with E-state index < -0.39 is 15.6 Å². The van der Waals surface area contributed by atoms with E-state index in [1.54, 1.807) is 25.3 Å². The summed E-state index contributed by atoms with van der Waals surface area (Å²) in [6.07, 6.45) is 0. The summed E-state index contributed by atoms with van der Waals surface area (Å²) in [7, 11) is -2.01. The summed E-state index contributed by atoms with van der Waals surface area (Å²) >= 11 is 1.34. The van der Waals surface area contributed by atoms with Crippen molar-refractivity contribution in [1.29, 1.82) is 0 Å². The number of ether oxygens (including phenoxy) is 1. The highest BCUT2D eigenvalue weighted by Crippen LogP contribution is 2.22. The lowest BCUT2D eigenvalue weighted by molar-refractivity contribution is 0.141. The normalized spacial score (nSPS) is 12.9. The maximum absolute atomic E-state index is 12.1. The number of sulfonamides is 1. The summed E-state index contributed by atoms with van der Waals surface area (Å²) in [5.74, 6) is 0. The van der Waals surface area contributed by atoms with Gasteiger partial charge in [0, 0.05) is 18.5 Å². The fraction of sp³-hybridized carbons (Fsp3) is 0.600. The molecule has 5 nitrogen and oxygen atoms in total. The second-order valence-corrected chi connectivity index (χ2v) is 6.99. The Balaban J connectivity index is 2.97. The summed E-state index contributed by atoms with van der Waals surface area (Å²) in [5, 5.41) is 1.72. The van der Waals surface area contributed by atoms with E-state index in [0.717, 1.165) is 0 Å². The van der Waals surface area contributed by atoms with Gasteiger partial charge in [0.2, 0.25) is 10.0 Å². The van der Waals surface area contributed by atoms with Crippen LogP contribution in [0.3, 0.4) is 0 Å². The Kier molecular flexibility index (Phi) is 4.68. The van der Waals surface area contributed by atoms with Crippen molar-refractivity contribution in [3.05, 3.63) is 16.3 Å². The standard InChI is InChI=1S/C10H18N2O3S2/c1-10(2,7-15-3)12-17(13,14)9-4-5-16-8(9)6-11/h4-5,12H,6-7,11H2,1-3H3. The minimum Gasteiger partial charge on any atom is -0.383 e. The first-order chi connectivity index (χ1) is 7.82. The van der Waals surface area contributed by atoms with Gasteiger partial charge < -0.3 is 10.5 Å². The maximum Gasteiger partial charge on any atom is 0.242 e. The third-order valence-electron chi connectivity index (χ3n) is 2.10. The zero-order chi connectivity index (χ0) is 13.1. The van der Waals surface area contributed by atoms with Gasteiger partial charge in [-0.25, -0.2) is 13.1 Å². The van der Waals surface area contributed by atoms with Gasteiger partial charge in [-0.2, -0.15) is 0 Å². The fourth-order valence-corrected chi connectivity index (χ4v) is 4.26. The zero-order valence-corrected chi connectivity index (χ0v) is 11.8. The molecule has 0 saturated carbocycles. The van der Waals surface area contributed by atoms with Crippen LogP contribution in [0.5, 0.6) is 0 Å². The summed E-state index contributed by atoms with van der Waals surface area (Å²) in [5.41, 5.74) is 4.86. The van der Waals surface area contributed by atoms with Crippen LogP contribution in [0, 0.1) is 0 Å². The third kappa shape index (κ3) is 3.75. The van der Waals surface area contributed by atoms with Crippen molar-refractivity contribution in [1.82, 2.24) is 4.72 Å². The Bertz CT molecular complexity index is 466.